The molecular formula is C21H48O3Si3. The quantitative estimate of drug-likeness (QED) is 0.194. The fourth-order valence-corrected chi connectivity index (χ4v) is 22.1. The number of unbranched alkanes of at least 4 members (excludes halogenated alkanes) is 9. The van der Waals surface area contributed by atoms with E-state index < -0.39 is 25.7 Å². The Morgan fingerprint density at radius 1 is 0.481 bits per heavy atom. The molecule has 1 aliphatic heterocycles. The second-order valence-corrected chi connectivity index (χ2v) is 20.0. The molecule has 0 spiro atoms. The third kappa shape index (κ3) is 10.2. The first kappa shape index (κ1) is 25.6. The molecule has 0 radical (unpaired) electrons. The van der Waals surface area contributed by atoms with Crippen molar-refractivity contribution in [2.24, 2.45) is 0 Å². The van der Waals surface area contributed by atoms with E-state index >= 15 is 0 Å². The van der Waals surface area contributed by atoms with Gasteiger partial charge >= 0.3 is 25.7 Å². The van der Waals surface area contributed by atoms with Gasteiger partial charge in [0.1, 0.15) is 0 Å². The van der Waals surface area contributed by atoms with Crippen molar-refractivity contribution < 1.29 is 12.3 Å². The Morgan fingerprint density at radius 2 is 0.926 bits per heavy atom. The van der Waals surface area contributed by atoms with Gasteiger partial charge < -0.3 is 12.3 Å². The van der Waals surface area contributed by atoms with Gasteiger partial charge in [-0.15, -0.1) is 0 Å². The lowest BCUT2D eigenvalue weighted by molar-refractivity contribution is 0.218. The predicted molar refractivity (Wildman–Crippen MR) is 125 cm³/mol. The molecule has 0 bridgehead atoms. The first-order valence-electron chi connectivity index (χ1n) is 11.9. The largest absolute Gasteiger partial charge is 0.416 e. The van der Waals surface area contributed by atoms with Crippen LogP contribution in [0, 0.1) is 0 Å². The van der Waals surface area contributed by atoms with Crippen molar-refractivity contribution in [1.82, 2.24) is 0 Å². The zero-order valence-electron chi connectivity index (χ0n) is 19.3. The number of hydrogen-bond acceptors (Lipinski definition) is 3. The van der Waals surface area contributed by atoms with Crippen LogP contribution in [0.5, 0.6) is 0 Å². The second-order valence-electron chi connectivity index (χ2n) is 9.18. The van der Waals surface area contributed by atoms with E-state index in [0.717, 1.165) is 6.04 Å². The summed E-state index contributed by atoms with van der Waals surface area (Å²) in [6, 6.07) is 3.54. The summed E-state index contributed by atoms with van der Waals surface area (Å²) in [5.41, 5.74) is 0. The summed E-state index contributed by atoms with van der Waals surface area (Å²) in [7, 11) is -6.29. The van der Waals surface area contributed by atoms with Crippen molar-refractivity contribution in [2.45, 2.75) is 136 Å². The van der Waals surface area contributed by atoms with E-state index in [-0.39, 0.29) is 0 Å². The van der Waals surface area contributed by atoms with Gasteiger partial charge in [-0.3, -0.25) is 0 Å². The molecular weight excluding hydrogens is 384 g/mol. The van der Waals surface area contributed by atoms with Crippen molar-refractivity contribution in [3.63, 3.8) is 0 Å². The average molecular weight is 433 g/mol. The minimum atomic E-state index is -2.12. The Kier molecular flexibility index (Phi) is 12.3. The molecule has 0 aromatic carbocycles. The smallest absolute Gasteiger partial charge is 0.320 e. The van der Waals surface area contributed by atoms with Crippen LogP contribution >= 0.6 is 0 Å². The van der Waals surface area contributed by atoms with Crippen LogP contribution in [0.3, 0.4) is 0 Å². The maximum absolute atomic E-state index is 7.01. The normalized spacial score (nSPS) is 24.2. The SMILES string of the molecule is CCCCCC[Si]1(C)O[Si](C)(C)O[Si](CCCCCC)(CCCCCC)O1. The summed E-state index contributed by atoms with van der Waals surface area (Å²) in [6.07, 6.45) is 15.7. The van der Waals surface area contributed by atoms with E-state index in [0.29, 0.717) is 0 Å². The fourth-order valence-electron chi connectivity index (χ4n) is 4.37. The van der Waals surface area contributed by atoms with Crippen molar-refractivity contribution in [3.8, 4) is 0 Å². The Bertz CT molecular complexity index is 381. The molecule has 0 aromatic heterocycles. The molecule has 1 rings (SSSR count). The molecule has 1 fully saturated rings. The summed E-state index contributed by atoms with van der Waals surface area (Å²) < 4.78 is 20.4. The lowest BCUT2D eigenvalue weighted by Crippen LogP contribution is -2.67. The van der Waals surface area contributed by atoms with Gasteiger partial charge in [-0.25, -0.2) is 0 Å². The molecule has 1 unspecified atom stereocenters. The topological polar surface area (TPSA) is 27.7 Å². The molecule has 1 aliphatic rings. The monoisotopic (exact) mass is 432 g/mol. The Labute approximate surface area is 173 Å². The van der Waals surface area contributed by atoms with E-state index in [1.54, 1.807) is 0 Å². The third-order valence-electron chi connectivity index (χ3n) is 5.60. The molecule has 3 nitrogen and oxygen atoms in total. The van der Waals surface area contributed by atoms with Crippen LogP contribution in [0.25, 0.3) is 0 Å². The highest BCUT2D eigenvalue weighted by Gasteiger charge is 2.55. The van der Waals surface area contributed by atoms with Gasteiger partial charge in [-0.1, -0.05) is 97.8 Å². The van der Waals surface area contributed by atoms with Crippen molar-refractivity contribution in [1.29, 1.82) is 0 Å². The van der Waals surface area contributed by atoms with Gasteiger partial charge in [-0.2, -0.15) is 0 Å². The molecule has 0 amide bonds. The Balaban J connectivity index is 2.81. The lowest BCUT2D eigenvalue weighted by atomic mass is 10.2. The lowest BCUT2D eigenvalue weighted by Gasteiger charge is -2.51. The standard InChI is InChI=1S/C21H48O3Si3/c1-7-10-13-16-19-26(6)22-25(4,5)23-27(24-26,20-17-14-11-8-2)21-18-15-12-9-3/h7-21H2,1-6H3. The first-order chi connectivity index (χ1) is 12.8. The minimum absolute atomic E-state index is 1.16. The molecule has 6 heteroatoms. The third-order valence-corrected chi connectivity index (χ3v) is 19.5. The van der Waals surface area contributed by atoms with Crippen LogP contribution in [-0.4, -0.2) is 25.7 Å². The molecule has 1 heterocycles. The van der Waals surface area contributed by atoms with Crippen LogP contribution in [0.1, 0.15) is 97.8 Å². The van der Waals surface area contributed by atoms with Gasteiger partial charge in [0.15, 0.2) is 0 Å². The van der Waals surface area contributed by atoms with Crippen LogP contribution in [-0.2, 0) is 12.3 Å². The van der Waals surface area contributed by atoms with Gasteiger partial charge in [0.05, 0.1) is 0 Å². The molecule has 0 aliphatic carbocycles. The van der Waals surface area contributed by atoms with E-state index in [1.165, 1.54) is 89.1 Å². The van der Waals surface area contributed by atoms with E-state index in [1.807, 2.05) is 0 Å². The molecule has 1 atom stereocenters. The van der Waals surface area contributed by atoms with Crippen LogP contribution < -0.4 is 0 Å². The van der Waals surface area contributed by atoms with Gasteiger partial charge in [0.2, 0.25) is 0 Å². The summed E-state index contributed by atoms with van der Waals surface area (Å²) >= 11 is 0. The summed E-state index contributed by atoms with van der Waals surface area (Å²) in [4.78, 5) is 0. The highest BCUT2D eigenvalue weighted by atomic mass is 28.5. The van der Waals surface area contributed by atoms with Gasteiger partial charge in [-0.05, 0) is 37.8 Å². The molecule has 27 heavy (non-hydrogen) atoms. The van der Waals surface area contributed by atoms with Crippen molar-refractivity contribution in [2.75, 3.05) is 0 Å². The van der Waals surface area contributed by atoms with Crippen molar-refractivity contribution in [3.05, 3.63) is 0 Å². The van der Waals surface area contributed by atoms with E-state index in [4.69, 9.17) is 12.3 Å². The molecule has 0 aromatic rings. The van der Waals surface area contributed by atoms with Crippen molar-refractivity contribution >= 4 is 25.7 Å². The van der Waals surface area contributed by atoms with Crippen LogP contribution in [0.15, 0.2) is 0 Å². The zero-order valence-corrected chi connectivity index (χ0v) is 22.3. The highest BCUT2D eigenvalue weighted by molar-refractivity contribution is 6.93. The maximum Gasteiger partial charge on any atom is 0.320 e. The second kappa shape index (κ2) is 13.0. The van der Waals surface area contributed by atoms with E-state index in [9.17, 15) is 0 Å². The minimum Gasteiger partial charge on any atom is -0.416 e. The predicted octanol–water partition coefficient (Wildman–Crippen LogP) is 8.01. The number of hydrogen-bond donors (Lipinski definition) is 0. The highest BCUT2D eigenvalue weighted by Crippen LogP contribution is 2.39. The fraction of sp³-hybridized carbons (Fsp3) is 1.00. The zero-order chi connectivity index (χ0) is 20.2. The molecule has 162 valence electrons. The van der Waals surface area contributed by atoms with Crippen LogP contribution in [0.4, 0.5) is 0 Å². The van der Waals surface area contributed by atoms with Crippen LogP contribution in [0.2, 0.25) is 37.8 Å². The maximum atomic E-state index is 7.01. The summed E-state index contributed by atoms with van der Waals surface area (Å²) in [5.74, 6) is 0. The first-order valence-corrected chi connectivity index (χ1v) is 19.5. The molecule has 0 N–H and O–H groups in total. The Morgan fingerprint density at radius 3 is 1.37 bits per heavy atom. The van der Waals surface area contributed by atoms with Gasteiger partial charge in [0.25, 0.3) is 0 Å². The summed E-state index contributed by atoms with van der Waals surface area (Å²) in [6.45, 7) is 13.7. The van der Waals surface area contributed by atoms with E-state index in [2.05, 4.69) is 40.4 Å². The van der Waals surface area contributed by atoms with Gasteiger partial charge in [0, 0.05) is 0 Å². The average Bonchev–Trinajstić information content (AvgIpc) is 2.58. The Hall–Kier alpha value is 0.531. The summed E-state index contributed by atoms with van der Waals surface area (Å²) in [5, 5.41) is 0. The molecule has 1 saturated heterocycles. The number of rotatable bonds is 15. The molecule has 0 saturated carbocycles.